The topological polar surface area (TPSA) is 71.1 Å². The van der Waals surface area contributed by atoms with Gasteiger partial charge in [-0.05, 0) is 36.6 Å². The van der Waals surface area contributed by atoms with Gasteiger partial charge in [0, 0.05) is 49.7 Å². The number of carbonyl (C=O) groups is 2. The van der Waals surface area contributed by atoms with Crippen molar-refractivity contribution in [1.29, 1.82) is 0 Å². The van der Waals surface area contributed by atoms with Gasteiger partial charge in [0.1, 0.15) is 0 Å². The Morgan fingerprint density at radius 3 is 2.60 bits per heavy atom. The number of hydrogen-bond donors (Lipinski definition) is 1. The van der Waals surface area contributed by atoms with Crippen LogP contribution in [-0.2, 0) is 0 Å². The lowest BCUT2D eigenvalue weighted by Gasteiger charge is -2.35. The van der Waals surface area contributed by atoms with Crippen LogP contribution in [0.2, 0.25) is 0 Å². The lowest BCUT2D eigenvalue weighted by Crippen LogP contribution is -2.50. The summed E-state index contributed by atoms with van der Waals surface area (Å²) >= 11 is 1.59. The van der Waals surface area contributed by atoms with Crippen LogP contribution in [0.1, 0.15) is 20.7 Å². The van der Waals surface area contributed by atoms with Crippen LogP contribution >= 0.6 is 11.8 Å². The monoisotopic (exact) mass is 427 g/mol. The number of piperazine rings is 1. The van der Waals surface area contributed by atoms with Gasteiger partial charge in [-0.2, -0.15) is 0 Å². The van der Waals surface area contributed by atoms with E-state index in [4.69, 9.17) is 9.47 Å². The van der Waals surface area contributed by atoms with Gasteiger partial charge in [0.05, 0.1) is 5.56 Å². The van der Waals surface area contributed by atoms with Gasteiger partial charge >= 0.3 is 0 Å². The first-order valence-electron chi connectivity index (χ1n) is 9.98. The Bertz CT molecular complexity index is 928. The molecule has 2 amide bonds. The summed E-state index contributed by atoms with van der Waals surface area (Å²) in [5, 5.41) is 2.95. The molecule has 2 aromatic rings. The van der Waals surface area contributed by atoms with Crippen molar-refractivity contribution in [3.8, 4) is 11.5 Å². The minimum atomic E-state index is -0.129. The predicted octanol–water partition coefficient (Wildman–Crippen LogP) is 2.33. The third kappa shape index (κ3) is 4.55. The van der Waals surface area contributed by atoms with Gasteiger partial charge in [0.2, 0.25) is 6.79 Å². The number of thioether (sulfide) groups is 1. The second-order valence-corrected chi connectivity index (χ2v) is 8.01. The van der Waals surface area contributed by atoms with Crippen molar-refractivity contribution in [2.45, 2.75) is 4.90 Å². The number of rotatable bonds is 6. The molecule has 4 rings (SSSR count). The molecule has 0 radical (unpaired) electrons. The van der Waals surface area contributed by atoms with Crippen LogP contribution in [0.5, 0.6) is 11.5 Å². The van der Waals surface area contributed by atoms with Gasteiger partial charge in [0.25, 0.3) is 11.8 Å². The van der Waals surface area contributed by atoms with Crippen LogP contribution in [0.4, 0.5) is 0 Å². The Hall–Kier alpha value is -2.71. The molecule has 8 heteroatoms. The summed E-state index contributed by atoms with van der Waals surface area (Å²) in [5.74, 6) is 1.23. The average molecular weight is 428 g/mol. The van der Waals surface area contributed by atoms with Gasteiger partial charge in [-0.15, -0.1) is 11.8 Å². The minimum absolute atomic E-state index is 0.0933. The maximum Gasteiger partial charge on any atom is 0.255 e. The third-order valence-corrected chi connectivity index (χ3v) is 6.14. The lowest BCUT2D eigenvalue weighted by atomic mass is 10.1. The standard InChI is InChI=1S/C22H25N3O4S/c1-30-20-5-3-2-4-17(20)22(27)25-12-10-24(11-13-25)9-8-23-21(26)16-6-7-18-19(14-16)29-15-28-18/h2-7,14H,8-13,15H2,1H3,(H,23,26). The highest BCUT2D eigenvalue weighted by molar-refractivity contribution is 7.98. The molecule has 1 fully saturated rings. The van der Waals surface area contributed by atoms with Crippen molar-refractivity contribution >= 4 is 23.6 Å². The number of amides is 2. The molecule has 0 unspecified atom stereocenters. The molecule has 2 aliphatic heterocycles. The molecule has 0 aromatic heterocycles. The van der Waals surface area contributed by atoms with Crippen molar-refractivity contribution in [3.05, 3.63) is 53.6 Å². The van der Waals surface area contributed by atoms with E-state index in [1.165, 1.54) is 0 Å². The van der Waals surface area contributed by atoms with E-state index in [2.05, 4.69) is 10.2 Å². The third-order valence-electron chi connectivity index (χ3n) is 5.35. The first-order chi connectivity index (χ1) is 14.7. The largest absolute Gasteiger partial charge is 0.454 e. The SMILES string of the molecule is CSc1ccccc1C(=O)N1CCN(CCNC(=O)c2ccc3c(c2)OCO3)CC1. The van der Waals surface area contributed by atoms with Crippen molar-refractivity contribution < 1.29 is 19.1 Å². The zero-order valence-electron chi connectivity index (χ0n) is 16.9. The Morgan fingerprint density at radius 2 is 1.80 bits per heavy atom. The Labute approximate surface area is 180 Å². The smallest absolute Gasteiger partial charge is 0.255 e. The number of fused-ring (bicyclic) bond motifs is 1. The van der Waals surface area contributed by atoms with E-state index in [-0.39, 0.29) is 18.6 Å². The van der Waals surface area contributed by atoms with Crippen LogP contribution in [0.3, 0.4) is 0 Å². The van der Waals surface area contributed by atoms with E-state index < -0.39 is 0 Å². The second kappa shape index (κ2) is 9.40. The van der Waals surface area contributed by atoms with Gasteiger partial charge in [-0.1, -0.05) is 12.1 Å². The fraction of sp³-hybridized carbons (Fsp3) is 0.364. The first-order valence-corrected chi connectivity index (χ1v) is 11.2. The van der Waals surface area contributed by atoms with E-state index in [9.17, 15) is 9.59 Å². The van der Waals surface area contributed by atoms with Gasteiger partial charge in [-0.25, -0.2) is 0 Å². The molecule has 1 saturated heterocycles. The number of nitrogens with zero attached hydrogens (tertiary/aromatic N) is 2. The van der Waals surface area contributed by atoms with Gasteiger partial charge < -0.3 is 19.7 Å². The molecule has 2 aliphatic rings. The number of ether oxygens (including phenoxy) is 2. The molecular formula is C22H25N3O4S. The normalized spacial score (nSPS) is 15.8. The highest BCUT2D eigenvalue weighted by atomic mass is 32.2. The van der Waals surface area contributed by atoms with Crippen LogP contribution in [-0.4, -0.2) is 73.9 Å². The molecule has 7 nitrogen and oxygen atoms in total. The molecule has 0 atom stereocenters. The number of hydrogen-bond acceptors (Lipinski definition) is 6. The Morgan fingerprint density at radius 1 is 1.03 bits per heavy atom. The second-order valence-electron chi connectivity index (χ2n) is 7.16. The van der Waals surface area contributed by atoms with E-state index in [0.717, 1.165) is 30.1 Å². The van der Waals surface area contributed by atoms with E-state index >= 15 is 0 Å². The zero-order valence-corrected chi connectivity index (χ0v) is 17.7. The molecule has 0 spiro atoms. The van der Waals surface area contributed by atoms with Crippen molar-refractivity contribution in [2.24, 2.45) is 0 Å². The van der Waals surface area contributed by atoms with Gasteiger partial charge in [-0.3, -0.25) is 14.5 Å². The highest BCUT2D eigenvalue weighted by Crippen LogP contribution is 2.32. The molecule has 0 bridgehead atoms. The summed E-state index contributed by atoms with van der Waals surface area (Å²) in [7, 11) is 0. The number of nitrogens with one attached hydrogen (secondary N) is 1. The highest BCUT2D eigenvalue weighted by Gasteiger charge is 2.23. The van der Waals surface area contributed by atoms with Crippen LogP contribution in [0, 0.1) is 0 Å². The van der Waals surface area contributed by atoms with E-state index in [0.29, 0.717) is 36.7 Å². The number of benzene rings is 2. The fourth-order valence-electron chi connectivity index (χ4n) is 3.63. The van der Waals surface area contributed by atoms with Crippen molar-refractivity contribution in [3.63, 3.8) is 0 Å². The molecule has 0 saturated carbocycles. The fourth-order valence-corrected chi connectivity index (χ4v) is 4.22. The minimum Gasteiger partial charge on any atom is -0.454 e. The molecule has 0 aliphatic carbocycles. The van der Waals surface area contributed by atoms with E-state index in [1.54, 1.807) is 30.0 Å². The molecule has 158 valence electrons. The average Bonchev–Trinajstić information content (AvgIpc) is 3.27. The van der Waals surface area contributed by atoms with Crippen LogP contribution in [0.25, 0.3) is 0 Å². The summed E-state index contributed by atoms with van der Waals surface area (Å²) in [6.45, 7) is 4.48. The number of carbonyl (C=O) groups excluding carboxylic acids is 2. The predicted molar refractivity (Wildman–Crippen MR) is 115 cm³/mol. The van der Waals surface area contributed by atoms with Crippen molar-refractivity contribution in [1.82, 2.24) is 15.1 Å². The van der Waals surface area contributed by atoms with E-state index in [1.807, 2.05) is 35.4 Å². The lowest BCUT2D eigenvalue weighted by molar-refractivity contribution is 0.0634. The molecule has 2 heterocycles. The maximum absolute atomic E-state index is 12.8. The van der Waals surface area contributed by atoms with Crippen LogP contribution in [0.15, 0.2) is 47.4 Å². The molecule has 2 aromatic carbocycles. The summed E-state index contributed by atoms with van der Waals surface area (Å²) in [5.41, 5.74) is 1.33. The van der Waals surface area contributed by atoms with Gasteiger partial charge in [0.15, 0.2) is 11.5 Å². The van der Waals surface area contributed by atoms with Crippen molar-refractivity contribution in [2.75, 3.05) is 52.3 Å². The first kappa shape index (κ1) is 20.6. The Balaban J connectivity index is 1.22. The summed E-state index contributed by atoms with van der Waals surface area (Å²) in [4.78, 5) is 30.4. The zero-order chi connectivity index (χ0) is 20.9. The summed E-state index contributed by atoms with van der Waals surface area (Å²) in [6.07, 6.45) is 1.99. The quantitative estimate of drug-likeness (QED) is 0.714. The Kier molecular flexibility index (Phi) is 6.44. The summed E-state index contributed by atoms with van der Waals surface area (Å²) in [6, 6.07) is 12.9. The van der Waals surface area contributed by atoms with Crippen LogP contribution < -0.4 is 14.8 Å². The molecular weight excluding hydrogens is 402 g/mol. The maximum atomic E-state index is 12.8. The molecule has 1 N–H and O–H groups in total. The summed E-state index contributed by atoms with van der Waals surface area (Å²) < 4.78 is 10.6. The molecule has 30 heavy (non-hydrogen) atoms.